The number of hydrogen-bond acceptors (Lipinski definition) is 1. The molecule has 0 heterocycles. The molecule has 0 unspecified atom stereocenters. The highest BCUT2D eigenvalue weighted by molar-refractivity contribution is 6.01. The summed E-state index contributed by atoms with van der Waals surface area (Å²) in [5.74, 6) is 0. The van der Waals surface area contributed by atoms with Gasteiger partial charge in [0.1, 0.15) is 0 Å². The highest BCUT2D eigenvalue weighted by atomic mass is 14.6. The molecular weight excluding hydrogens is 242 g/mol. The molecular formula is C19H17N. The monoisotopic (exact) mass is 259 g/mol. The molecule has 98 valence electrons. The van der Waals surface area contributed by atoms with E-state index in [1.807, 2.05) is 6.92 Å². The van der Waals surface area contributed by atoms with E-state index in [0.717, 1.165) is 11.3 Å². The van der Waals surface area contributed by atoms with E-state index >= 15 is 0 Å². The van der Waals surface area contributed by atoms with E-state index < -0.39 is 0 Å². The first-order valence-electron chi connectivity index (χ1n) is 7.14. The first-order valence-corrected chi connectivity index (χ1v) is 7.14. The van der Waals surface area contributed by atoms with Crippen LogP contribution in [0.15, 0.2) is 48.5 Å². The predicted octanol–water partition coefficient (Wildman–Crippen LogP) is 4.50. The van der Waals surface area contributed by atoms with E-state index in [2.05, 4.69) is 48.5 Å². The van der Waals surface area contributed by atoms with Gasteiger partial charge >= 0.3 is 0 Å². The lowest BCUT2D eigenvalue weighted by atomic mass is 9.94. The van der Waals surface area contributed by atoms with Gasteiger partial charge in [-0.3, -0.25) is 0 Å². The highest BCUT2D eigenvalue weighted by Gasteiger charge is 2.16. The summed E-state index contributed by atoms with van der Waals surface area (Å²) in [5, 5.41) is 2.82. The molecule has 0 saturated heterocycles. The van der Waals surface area contributed by atoms with Crippen molar-refractivity contribution in [3.8, 4) is 11.1 Å². The van der Waals surface area contributed by atoms with Crippen LogP contribution in [-0.2, 0) is 12.8 Å². The predicted molar refractivity (Wildman–Crippen MR) is 85.9 cm³/mol. The van der Waals surface area contributed by atoms with E-state index in [1.165, 1.54) is 45.9 Å². The first-order chi connectivity index (χ1) is 9.74. The van der Waals surface area contributed by atoms with Crippen molar-refractivity contribution in [1.82, 2.24) is 0 Å². The third-order valence-corrected chi connectivity index (χ3v) is 4.47. The van der Waals surface area contributed by atoms with Crippen LogP contribution in [0.3, 0.4) is 0 Å². The fourth-order valence-corrected chi connectivity index (χ4v) is 3.31. The summed E-state index contributed by atoms with van der Waals surface area (Å²) < 4.78 is 0. The van der Waals surface area contributed by atoms with Gasteiger partial charge in [0.2, 0.25) is 0 Å². The maximum atomic E-state index is 6.07. The Morgan fingerprint density at radius 2 is 1.70 bits per heavy atom. The largest absolute Gasteiger partial charge is 0.398 e. The van der Waals surface area contributed by atoms with Crippen LogP contribution in [0, 0.1) is 6.92 Å². The van der Waals surface area contributed by atoms with Crippen molar-refractivity contribution in [2.75, 3.05) is 5.73 Å². The lowest BCUT2D eigenvalue weighted by Gasteiger charge is -2.11. The Balaban J connectivity index is 2.04. The lowest BCUT2D eigenvalue weighted by Crippen LogP contribution is -1.91. The Morgan fingerprint density at radius 1 is 0.900 bits per heavy atom. The van der Waals surface area contributed by atoms with Crippen LogP contribution in [0.5, 0.6) is 0 Å². The molecule has 0 aliphatic heterocycles. The van der Waals surface area contributed by atoms with Crippen LogP contribution in [-0.4, -0.2) is 0 Å². The topological polar surface area (TPSA) is 26.0 Å². The summed E-state index contributed by atoms with van der Waals surface area (Å²) in [6.07, 6.45) is 2.35. The second-order valence-corrected chi connectivity index (χ2v) is 5.68. The summed E-state index contributed by atoms with van der Waals surface area (Å²) >= 11 is 0. The van der Waals surface area contributed by atoms with Gasteiger partial charge in [0.25, 0.3) is 0 Å². The summed E-state index contributed by atoms with van der Waals surface area (Å²) in [7, 11) is 0. The van der Waals surface area contributed by atoms with Gasteiger partial charge in [-0.25, -0.2) is 0 Å². The Morgan fingerprint density at radius 3 is 2.50 bits per heavy atom. The average molecular weight is 259 g/mol. The summed E-state index contributed by atoms with van der Waals surface area (Å²) in [5.41, 5.74) is 13.6. The van der Waals surface area contributed by atoms with Crippen LogP contribution in [0.1, 0.15) is 16.7 Å². The van der Waals surface area contributed by atoms with Crippen molar-refractivity contribution in [3.05, 3.63) is 65.2 Å². The molecule has 1 heteroatoms. The van der Waals surface area contributed by atoms with Gasteiger partial charge in [0.05, 0.1) is 0 Å². The van der Waals surface area contributed by atoms with Gasteiger partial charge in [-0.15, -0.1) is 0 Å². The van der Waals surface area contributed by atoms with Crippen molar-refractivity contribution in [2.45, 2.75) is 19.8 Å². The Bertz CT molecular complexity index is 820. The number of nitrogen functional groups attached to an aromatic ring is 1. The summed E-state index contributed by atoms with van der Waals surface area (Å²) in [4.78, 5) is 0. The average Bonchev–Trinajstić information content (AvgIpc) is 2.88. The number of aryl methyl sites for hydroxylation is 3. The molecule has 1 aliphatic rings. The maximum Gasteiger partial charge on any atom is 0.0349 e. The van der Waals surface area contributed by atoms with Crippen LogP contribution in [0.2, 0.25) is 0 Å². The zero-order valence-electron chi connectivity index (χ0n) is 11.6. The molecule has 1 aliphatic carbocycles. The van der Waals surface area contributed by atoms with Gasteiger partial charge in [-0.2, -0.15) is 0 Å². The SMILES string of the molecule is Cc1ccc(-c2ccc3c4c(cccc24)CC3)cc1N. The molecule has 3 aromatic carbocycles. The highest BCUT2D eigenvalue weighted by Crippen LogP contribution is 2.37. The van der Waals surface area contributed by atoms with Gasteiger partial charge in [0.15, 0.2) is 0 Å². The number of benzene rings is 3. The number of anilines is 1. The molecule has 0 saturated carbocycles. The molecule has 0 atom stereocenters. The molecule has 0 radical (unpaired) electrons. The number of hydrogen-bond donors (Lipinski definition) is 1. The smallest absolute Gasteiger partial charge is 0.0349 e. The fraction of sp³-hybridized carbons (Fsp3) is 0.158. The van der Waals surface area contributed by atoms with Crippen molar-refractivity contribution in [2.24, 2.45) is 0 Å². The first kappa shape index (κ1) is 11.5. The Hall–Kier alpha value is -2.28. The summed E-state index contributed by atoms with van der Waals surface area (Å²) in [6, 6.07) is 17.6. The fourth-order valence-electron chi connectivity index (χ4n) is 3.31. The minimum atomic E-state index is 0.866. The second kappa shape index (κ2) is 4.11. The van der Waals surface area contributed by atoms with Crippen molar-refractivity contribution in [1.29, 1.82) is 0 Å². The Kier molecular flexibility index (Phi) is 2.37. The van der Waals surface area contributed by atoms with E-state index in [1.54, 1.807) is 0 Å². The molecule has 2 N–H and O–H groups in total. The van der Waals surface area contributed by atoms with E-state index in [0.29, 0.717) is 0 Å². The number of rotatable bonds is 1. The van der Waals surface area contributed by atoms with Crippen molar-refractivity contribution >= 4 is 16.5 Å². The molecule has 0 fully saturated rings. The van der Waals surface area contributed by atoms with E-state index in [9.17, 15) is 0 Å². The molecule has 0 spiro atoms. The molecule has 3 aromatic rings. The summed E-state index contributed by atoms with van der Waals surface area (Å²) in [6.45, 7) is 2.05. The standard InChI is InChI=1S/C19H17N/c1-12-5-6-15(11-18(12)20)16-10-9-14-8-7-13-3-2-4-17(16)19(13)14/h2-6,9-11H,7-8,20H2,1H3. The van der Waals surface area contributed by atoms with Gasteiger partial charge in [-0.05, 0) is 64.4 Å². The molecule has 0 amide bonds. The number of nitrogens with two attached hydrogens (primary N) is 1. The molecule has 1 nitrogen and oxygen atoms in total. The van der Waals surface area contributed by atoms with Crippen molar-refractivity contribution < 1.29 is 0 Å². The molecule has 20 heavy (non-hydrogen) atoms. The zero-order chi connectivity index (χ0) is 13.7. The van der Waals surface area contributed by atoms with Crippen LogP contribution in [0.25, 0.3) is 21.9 Å². The molecule has 0 aromatic heterocycles. The van der Waals surface area contributed by atoms with E-state index in [-0.39, 0.29) is 0 Å². The zero-order valence-corrected chi connectivity index (χ0v) is 11.6. The third-order valence-electron chi connectivity index (χ3n) is 4.47. The quantitative estimate of drug-likeness (QED) is 0.640. The second-order valence-electron chi connectivity index (χ2n) is 5.68. The van der Waals surface area contributed by atoms with Crippen molar-refractivity contribution in [3.63, 3.8) is 0 Å². The van der Waals surface area contributed by atoms with Gasteiger partial charge in [-0.1, -0.05) is 42.5 Å². The minimum absolute atomic E-state index is 0.866. The normalized spacial score (nSPS) is 13.1. The van der Waals surface area contributed by atoms with Crippen LogP contribution < -0.4 is 5.73 Å². The Labute approximate surface area is 119 Å². The van der Waals surface area contributed by atoms with Crippen LogP contribution in [0.4, 0.5) is 5.69 Å². The van der Waals surface area contributed by atoms with Gasteiger partial charge in [0, 0.05) is 5.69 Å². The van der Waals surface area contributed by atoms with Crippen LogP contribution >= 0.6 is 0 Å². The minimum Gasteiger partial charge on any atom is -0.398 e. The lowest BCUT2D eigenvalue weighted by molar-refractivity contribution is 1.02. The molecule has 0 bridgehead atoms. The molecule has 4 rings (SSSR count). The van der Waals surface area contributed by atoms with E-state index in [4.69, 9.17) is 5.73 Å². The maximum absolute atomic E-state index is 6.07. The van der Waals surface area contributed by atoms with Gasteiger partial charge < -0.3 is 5.73 Å². The third kappa shape index (κ3) is 1.56.